The van der Waals surface area contributed by atoms with Crippen molar-refractivity contribution in [2.45, 2.75) is 25.4 Å². The fourth-order valence-corrected chi connectivity index (χ4v) is 4.57. The Morgan fingerprint density at radius 1 is 1.30 bits per heavy atom. The van der Waals surface area contributed by atoms with Crippen LogP contribution in [0.25, 0.3) is 22.0 Å². The van der Waals surface area contributed by atoms with Gasteiger partial charge in [0.05, 0.1) is 13.3 Å². The maximum absolute atomic E-state index is 12.3. The molecule has 30 heavy (non-hydrogen) atoms. The number of ether oxygens (including phenoxy) is 1. The number of fused-ring (bicyclic) bond motifs is 1. The fraction of sp³-hybridized carbons (Fsp3) is 0.455. The Hall–Kier alpha value is -2.35. The molecule has 0 amide bonds. The summed E-state index contributed by atoms with van der Waals surface area (Å²) in [6.07, 6.45) is 5.80. The Morgan fingerprint density at radius 2 is 2.03 bits per heavy atom. The largest absolute Gasteiger partial charge is 0.496 e. The van der Waals surface area contributed by atoms with Crippen LogP contribution in [0.4, 0.5) is 0 Å². The predicted octanol–water partition coefficient (Wildman–Crippen LogP) is 3.12. The zero-order chi connectivity index (χ0) is 21.4. The second-order valence-electron chi connectivity index (χ2n) is 8.23. The van der Waals surface area contributed by atoms with Crippen molar-refractivity contribution in [1.29, 1.82) is 0 Å². The van der Waals surface area contributed by atoms with Gasteiger partial charge in [-0.2, -0.15) is 5.10 Å². The lowest BCUT2D eigenvalue weighted by Crippen LogP contribution is -2.41. The van der Waals surface area contributed by atoms with Crippen molar-refractivity contribution in [2.24, 2.45) is 7.05 Å². The van der Waals surface area contributed by atoms with Crippen molar-refractivity contribution < 1.29 is 4.74 Å². The highest BCUT2D eigenvalue weighted by Gasteiger charge is 2.23. The average Bonchev–Trinajstić information content (AvgIpc) is 3.22. The van der Waals surface area contributed by atoms with Gasteiger partial charge in [-0.3, -0.25) is 14.8 Å². The second-order valence-corrected chi connectivity index (χ2v) is 8.63. The number of hydrogen-bond acceptors (Lipinski definition) is 5. The van der Waals surface area contributed by atoms with Crippen LogP contribution in [0.2, 0.25) is 5.02 Å². The Morgan fingerprint density at radius 3 is 2.70 bits per heavy atom. The Kier molecular flexibility index (Phi) is 5.86. The van der Waals surface area contributed by atoms with E-state index in [9.17, 15) is 4.79 Å². The number of piperidine rings is 1. The van der Waals surface area contributed by atoms with Crippen LogP contribution in [0.3, 0.4) is 0 Å². The summed E-state index contributed by atoms with van der Waals surface area (Å²) in [6, 6.07) is 4.60. The first-order valence-electron chi connectivity index (χ1n) is 10.2. The quantitative estimate of drug-likeness (QED) is 0.675. The van der Waals surface area contributed by atoms with Crippen LogP contribution in [0.15, 0.2) is 29.3 Å². The predicted molar refractivity (Wildman–Crippen MR) is 120 cm³/mol. The van der Waals surface area contributed by atoms with Crippen LogP contribution in [-0.2, 0) is 13.6 Å². The third-order valence-electron chi connectivity index (χ3n) is 6.14. The van der Waals surface area contributed by atoms with Crippen LogP contribution in [0, 0.1) is 0 Å². The van der Waals surface area contributed by atoms with Crippen molar-refractivity contribution in [3.05, 3.63) is 45.5 Å². The SMILES string of the molecule is COc1cc(-c2cn(C)c(=O)c3[nH]ncc23)cc(Cl)c1CN1CCC(N(C)C)CC1. The Bertz CT molecular complexity index is 1110. The molecule has 0 bridgehead atoms. The molecule has 3 aromatic rings. The van der Waals surface area contributed by atoms with Gasteiger partial charge < -0.3 is 14.2 Å². The molecule has 8 heteroatoms. The van der Waals surface area contributed by atoms with Crippen LogP contribution < -0.4 is 10.3 Å². The number of nitrogens with zero attached hydrogens (tertiary/aromatic N) is 4. The molecule has 1 aliphatic rings. The summed E-state index contributed by atoms with van der Waals surface area (Å²) < 4.78 is 7.28. The molecule has 3 heterocycles. The molecule has 0 saturated carbocycles. The van der Waals surface area contributed by atoms with Gasteiger partial charge in [0.1, 0.15) is 11.3 Å². The number of nitrogens with one attached hydrogen (secondary N) is 1. The lowest BCUT2D eigenvalue weighted by Gasteiger charge is -2.35. The van der Waals surface area contributed by atoms with Gasteiger partial charge >= 0.3 is 0 Å². The highest BCUT2D eigenvalue weighted by atomic mass is 35.5. The van der Waals surface area contributed by atoms with Crippen molar-refractivity contribution >= 4 is 22.5 Å². The van der Waals surface area contributed by atoms with E-state index >= 15 is 0 Å². The summed E-state index contributed by atoms with van der Waals surface area (Å²) in [5.41, 5.74) is 3.16. The number of aromatic nitrogens is 3. The molecule has 1 N–H and O–H groups in total. The number of benzene rings is 1. The van der Waals surface area contributed by atoms with Crippen LogP contribution >= 0.6 is 11.6 Å². The highest BCUT2D eigenvalue weighted by Crippen LogP contribution is 2.36. The summed E-state index contributed by atoms with van der Waals surface area (Å²) >= 11 is 6.75. The fourth-order valence-electron chi connectivity index (χ4n) is 4.30. The minimum Gasteiger partial charge on any atom is -0.496 e. The van der Waals surface area contributed by atoms with E-state index in [0.717, 1.165) is 60.3 Å². The average molecular weight is 430 g/mol. The van der Waals surface area contributed by atoms with E-state index in [1.807, 2.05) is 18.3 Å². The van der Waals surface area contributed by atoms with Gasteiger partial charge in [-0.25, -0.2) is 0 Å². The van der Waals surface area contributed by atoms with E-state index in [-0.39, 0.29) is 5.56 Å². The van der Waals surface area contributed by atoms with E-state index in [1.165, 1.54) is 0 Å². The normalized spacial score (nSPS) is 15.9. The third kappa shape index (κ3) is 3.85. The molecule has 0 spiro atoms. The third-order valence-corrected chi connectivity index (χ3v) is 6.48. The summed E-state index contributed by atoms with van der Waals surface area (Å²) in [5, 5.41) is 8.30. The molecule has 4 rings (SSSR count). The summed E-state index contributed by atoms with van der Waals surface area (Å²) in [4.78, 5) is 17.1. The second kappa shape index (κ2) is 8.41. The first-order chi connectivity index (χ1) is 14.4. The number of H-pyrrole nitrogens is 1. The van der Waals surface area contributed by atoms with Crippen LogP contribution in [-0.4, -0.2) is 64.9 Å². The first kappa shape index (κ1) is 20.9. The zero-order valence-electron chi connectivity index (χ0n) is 17.9. The maximum atomic E-state index is 12.3. The molecule has 0 unspecified atom stereocenters. The lowest BCUT2D eigenvalue weighted by atomic mass is 10.00. The van der Waals surface area contributed by atoms with Crippen molar-refractivity contribution in [1.82, 2.24) is 24.6 Å². The minimum atomic E-state index is -0.109. The summed E-state index contributed by atoms with van der Waals surface area (Å²) in [7, 11) is 7.70. The van der Waals surface area contributed by atoms with Gasteiger partial charge in [-0.05, 0) is 57.7 Å². The molecule has 0 radical (unpaired) electrons. The summed E-state index contributed by atoms with van der Waals surface area (Å²) in [5.74, 6) is 0.762. The first-order valence-corrected chi connectivity index (χ1v) is 10.5. The molecule has 0 aliphatic carbocycles. The standard InChI is InChI=1S/C22H28ClN5O2/c1-26(2)15-5-7-28(8-6-15)13-18-19(23)9-14(10-20(18)30-4)17-12-27(3)22(29)21-16(17)11-24-25-21/h9-12,15H,5-8,13H2,1-4H3,(H,24,25). The monoisotopic (exact) mass is 429 g/mol. The van der Waals surface area contributed by atoms with Gasteiger partial charge in [0.15, 0.2) is 0 Å². The zero-order valence-corrected chi connectivity index (χ0v) is 18.7. The molecule has 7 nitrogen and oxygen atoms in total. The van der Waals surface area contributed by atoms with E-state index in [1.54, 1.807) is 24.9 Å². The van der Waals surface area contributed by atoms with Gasteiger partial charge in [-0.15, -0.1) is 0 Å². The van der Waals surface area contributed by atoms with E-state index in [2.05, 4.69) is 34.1 Å². The van der Waals surface area contributed by atoms with Gasteiger partial charge in [0.2, 0.25) is 0 Å². The molecule has 1 aliphatic heterocycles. The van der Waals surface area contributed by atoms with Crippen LogP contribution in [0.5, 0.6) is 5.75 Å². The molecule has 2 aromatic heterocycles. The highest BCUT2D eigenvalue weighted by molar-refractivity contribution is 6.32. The van der Waals surface area contributed by atoms with Gasteiger partial charge in [-0.1, -0.05) is 11.6 Å². The molecule has 0 atom stereocenters. The van der Waals surface area contributed by atoms with Gasteiger partial charge in [0.25, 0.3) is 5.56 Å². The maximum Gasteiger partial charge on any atom is 0.276 e. The number of pyridine rings is 1. The number of rotatable bonds is 5. The summed E-state index contributed by atoms with van der Waals surface area (Å²) in [6.45, 7) is 2.85. The van der Waals surface area contributed by atoms with Crippen LogP contribution in [0.1, 0.15) is 18.4 Å². The molecular formula is C22H28ClN5O2. The molecule has 1 aromatic carbocycles. The van der Waals surface area contributed by atoms with E-state index in [4.69, 9.17) is 16.3 Å². The molecule has 1 saturated heterocycles. The number of hydrogen-bond donors (Lipinski definition) is 1. The Labute approximate surface area is 181 Å². The number of aromatic amines is 1. The molecule has 1 fully saturated rings. The van der Waals surface area contributed by atoms with E-state index in [0.29, 0.717) is 16.6 Å². The number of likely N-dealkylation sites (tertiary alicyclic amines) is 1. The molecular weight excluding hydrogens is 402 g/mol. The van der Waals surface area contributed by atoms with Crippen molar-refractivity contribution in [2.75, 3.05) is 34.3 Å². The molecule has 160 valence electrons. The van der Waals surface area contributed by atoms with Gasteiger partial charge in [0, 0.05) is 47.4 Å². The lowest BCUT2D eigenvalue weighted by molar-refractivity contribution is 0.139. The smallest absolute Gasteiger partial charge is 0.276 e. The van der Waals surface area contributed by atoms with Crippen molar-refractivity contribution in [3.8, 4) is 16.9 Å². The van der Waals surface area contributed by atoms with E-state index < -0.39 is 0 Å². The van der Waals surface area contributed by atoms with Crippen molar-refractivity contribution in [3.63, 3.8) is 0 Å². The Balaban J connectivity index is 1.67. The number of methoxy groups -OCH3 is 1. The minimum absolute atomic E-state index is 0.109. The number of aryl methyl sites for hydroxylation is 1. The number of halogens is 1. The topological polar surface area (TPSA) is 66.4 Å².